The normalized spacial score (nSPS) is 17.8. The fraction of sp³-hybridized carbons (Fsp3) is 0.462. The monoisotopic (exact) mass is 505 g/mol. The summed E-state index contributed by atoms with van der Waals surface area (Å²) in [6.07, 6.45) is 3.27. The SMILES string of the molecule is CC(C)Oc1cc(NC(=O)N2c3nc(C=O)c(CN4CCN(C)CC4=O)cc3CC[C@H]2C)ncc1C#N. The summed E-state index contributed by atoms with van der Waals surface area (Å²) in [7, 11) is 1.90. The van der Waals surface area contributed by atoms with E-state index in [0.717, 1.165) is 12.1 Å². The van der Waals surface area contributed by atoms with Crippen LogP contribution in [0.15, 0.2) is 18.3 Å². The number of aromatic nitrogens is 2. The van der Waals surface area contributed by atoms with Gasteiger partial charge in [0.1, 0.15) is 34.7 Å². The fourth-order valence-corrected chi connectivity index (χ4v) is 4.54. The Hall–Kier alpha value is -4.04. The second kappa shape index (κ2) is 10.9. The third-order valence-electron chi connectivity index (χ3n) is 6.48. The van der Waals surface area contributed by atoms with Crippen molar-refractivity contribution in [2.45, 2.75) is 52.3 Å². The van der Waals surface area contributed by atoms with E-state index in [1.807, 2.05) is 44.9 Å². The Morgan fingerprint density at radius 2 is 2.14 bits per heavy atom. The van der Waals surface area contributed by atoms with E-state index in [0.29, 0.717) is 55.9 Å². The molecule has 11 heteroatoms. The largest absolute Gasteiger partial charge is 0.489 e. The number of anilines is 2. The predicted octanol–water partition coefficient (Wildman–Crippen LogP) is 2.60. The van der Waals surface area contributed by atoms with Crippen molar-refractivity contribution in [2.24, 2.45) is 0 Å². The Morgan fingerprint density at radius 1 is 1.35 bits per heavy atom. The van der Waals surface area contributed by atoms with E-state index in [1.165, 1.54) is 17.2 Å². The van der Waals surface area contributed by atoms with Gasteiger partial charge >= 0.3 is 6.03 Å². The predicted molar refractivity (Wildman–Crippen MR) is 137 cm³/mol. The average molecular weight is 506 g/mol. The second-order valence-electron chi connectivity index (χ2n) is 9.72. The molecule has 1 N–H and O–H groups in total. The number of hydrogen-bond acceptors (Lipinski definition) is 8. The smallest absolute Gasteiger partial charge is 0.328 e. The quantitative estimate of drug-likeness (QED) is 0.593. The van der Waals surface area contributed by atoms with Crippen molar-refractivity contribution in [2.75, 3.05) is 36.9 Å². The molecule has 2 aromatic rings. The Morgan fingerprint density at radius 3 is 2.81 bits per heavy atom. The Labute approximate surface area is 216 Å². The fourth-order valence-electron chi connectivity index (χ4n) is 4.54. The van der Waals surface area contributed by atoms with Crippen LogP contribution < -0.4 is 15.0 Å². The molecular formula is C26H31N7O4. The molecule has 11 nitrogen and oxygen atoms in total. The van der Waals surface area contributed by atoms with Gasteiger partial charge in [-0.2, -0.15) is 5.26 Å². The molecule has 0 spiro atoms. The van der Waals surface area contributed by atoms with E-state index in [4.69, 9.17) is 4.74 Å². The number of hydrogen-bond donors (Lipinski definition) is 1. The first-order valence-corrected chi connectivity index (χ1v) is 12.3. The van der Waals surface area contributed by atoms with Gasteiger partial charge in [0.25, 0.3) is 0 Å². The lowest BCUT2D eigenvalue weighted by Gasteiger charge is -2.35. The average Bonchev–Trinajstić information content (AvgIpc) is 2.85. The van der Waals surface area contributed by atoms with E-state index in [2.05, 4.69) is 15.3 Å². The summed E-state index contributed by atoms with van der Waals surface area (Å²) in [4.78, 5) is 51.8. The van der Waals surface area contributed by atoms with Gasteiger partial charge in [0.05, 0.1) is 18.8 Å². The van der Waals surface area contributed by atoms with Gasteiger partial charge in [0.15, 0.2) is 6.29 Å². The Balaban J connectivity index is 1.60. The minimum atomic E-state index is -0.451. The van der Waals surface area contributed by atoms with Crippen molar-refractivity contribution in [3.8, 4) is 11.8 Å². The number of carbonyl (C=O) groups is 3. The lowest BCUT2D eigenvalue weighted by molar-refractivity contribution is -0.136. The lowest BCUT2D eigenvalue weighted by atomic mass is 9.97. The highest BCUT2D eigenvalue weighted by Crippen LogP contribution is 2.32. The number of nitrogens with zero attached hydrogens (tertiary/aromatic N) is 6. The maximum absolute atomic E-state index is 13.4. The molecule has 3 amide bonds. The molecule has 1 fully saturated rings. The van der Waals surface area contributed by atoms with Crippen molar-refractivity contribution in [3.63, 3.8) is 0 Å². The first kappa shape index (κ1) is 26.0. The molecule has 37 heavy (non-hydrogen) atoms. The van der Waals surface area contributed by atoms with Gasteiger partial charge in [-0.1, -0.05) is 0 Å². The van der Waals surface area contributed by atoms with Crippen LogP contribution in [0, 0.1) is 11.3 Å². The maximum Gasteiger partial charge on any atom is 0.328 e. The molecule has 0 aromatic carbocycles. The number of pyridine rings is 2. The second-order valence-corrected chi connectivity index (χ2v) is 9.72. The number of likely N-dealkylation sites (N-methyl/N-ethyl adjacent to an activating group) is 1. The Kier molecular flexibility index (Phi) is 7.69. The zero-order chi connectivity index (χ0) is 26.7. The third-order valence-corrected chi connectivity index (χ3v) is 6.48. The van der Waals surface area contributed by atoms with Crippen molar-refractivity contribution < 1.29 is 19.1 Å². The van der Waals surface area contributed by atoms with Gasteiger partial charge in [-0.25, -0.2) is 14.8 Å². The number of amides is 3. The van der Waals surface area contributed by atoms with Crippen LogP contribution >= 0.6 is 0 Å². The van der Waals surface area contributed by atoms with Crippen molar-refractivity contribution in [3.05, 3.63) is 40.7 Å². The number of nitrogens with one attached hydrogen (secondary N) is 1. The molecule has 0 bridgehead atoms. The molecule has 194 valence electrons. The highest BCUT2D eigenvalue weighted by Gasteiger charge is 2.32. The van der Waals surface area contributed by atoms with E-state index in [9.17, 15) is 19.6 Å². The van der Waals surface area contributed by atoms with Gasteiger partial charge in [0, 0.05) is 37.3 Å². The summed E-state index contributed by atoms with van der Waals surface area (Å²) >= 11 is 0. The first-order valence-electron chi connectivity index (χ1n) is 12.3. The molecule has 0 unspecified atom stereocenters. The standard InChI is InChI=1S/C26H31N7O4/c1-16(2)37-22-10-23(28-12-20(22)11-27)30-26(36)33-17(3)5-6-18-9-19(21(15-34)29-25(18)33)13-32-8-7-31(4)14-24(32)35/h9-10,12,15-17H,5-8,13-14H2,1-4H3,(H,28,30,36)/t17-/m1/s1. The minimum Gasteiger partial charge on any atom is -0.489 e. The molecule has 2 aliphatic rings. The van der Waals surface area contributed by atoms with Crippen LogP contribution in [0.5, 0.6) is 5.75 Å². The third kappa shape index (κ3) is 5.70. The summed E-state index contributed by atoms with van der Waals surface area (Å²) in [5, 5.41) is 12.1. The molecule has 2 aliphatic heterocycles. The molecule has 0 saturated carbocycles. The molecule has 2 aromatic heterocycles. The number of nitriles is 1. The summed E-state index contributed by atoms with van der Waals surface area (Å²) < 4.78 is 5.69. The summed E-state index contributed by atoms with van der Waals surface area (Å²) in [6, 6.07) is 4.82. The van der Waals surface area contributed by atoms with Crippen LogP contribution in [0.4, 0.5) is 16.4 Å². The highest BCUT2D eigenvalue weighted by atomic mass is 16.5. The molecule has 1 atom stereocenters. The van der Waals surface area contributed by atoms with Crippen molar-refractivity contribution in [1.82, 2.24) is 19.8 Å². The molecule has 4 heterocycles. The topological polar surface area (TPSA) is 132 Å². The zero-order valence-corrected chi connectivity index (χ0v) is 21.5. The maximum atomic E-state index is 13.4. The van der Waals surface area contributed by atoms with Crippen LogP contribution in [-0.4, -0.2) is 76.8 Å². The highest BCUT2D eigenvalue weighted by molar-refractivity contribution is 6.02. The van der Waals surface area contributed by atoms with Gasteiger partial charge in [-0.05, 0) is 52.3 Å². The zero-order valence-electron chi connectivity index (χ0n) is 21.5. The number of carbonyl (C=O) groups excluding carboxylic acids is 3. The molecule has 1 saturated heterocycles. The van der Waals surface area contributed by atoms with E-state index < -0.39 is 6.03 Å². The Bertz CT molecular complexity index is 1260. The number of rotatable bonds is 6. The molecule has 0 radical (unpaired) electrons. The number of aldehydes is 1. The van der Waals surface area contributed by atoms with E-state index >= 15 is 0 Å². The van der Waals surface area contributed by atoms with Crippen LogP contribution in [0.3, 0.4) is 0 Å². The number of aryl methyl sites for hydroxylation is 1. The van der Waals surface area contributed by atoms with Crippen LogP contribution in [-0.2, 0) is 17.8 Å². The lowest BCUT2D eigenvalue weighted by Crippen LogP contribution is -2.48. The first-order chi connectivity index (χ1) is 17.7. The molecule has 4 rings (SSSR count). The van der Waals surface area contributed by atoms with Gasteiger partial charge in [0.2, 0.25) is 5.91 Å². The molecular weight excluding hydrogens is 474 g/mol. The number of fused-ring (bicyclic) bond motifs is 1. The number of piperazine rings is 1. The summed E-state index contributed by atoms with van der Waals surface area (Å²) in [5.74, 6) is 0.993. The van der Waals surface area contributed by atoms with Crippen LogP contribution in [0.1, 0.15) is 54.4 Å². The molecule has 0 aliphatic carbocycles. The summed E-state index contributed by atoms with van der Waals surface area (Å²) in [6.45, 7) is 7.59. The van der Waals surface area contributed by atoms with Gasteiger partial charge in [-0.3, -0.25) is 24.7 Å². The van der Waals surface area contributed by atoms with Crippen molar-refractivity contribution >= 4 is 29.9 Å². The number of urea groups is 1. The number of ether oxygens (including phenoxy) is 1. The van der Waals surface area contributed by atoms with Gasteiger partial charge < -0.3 is 9.64 Å². The van der Waals surface area contributed by atoms with Crippen LogP contribution in [0.2, 0.25) is 0 Å². The van der Waals surface area contributed by atoms with Crippen molar-refractivity contribution in [1.29, 1.82) is 5.26 Å². The van der Waals surface area contributed by atoms with E-state index in [-0.39, 0.29) is 35.1 Å². The minimum absolute atomic E-state index is 0.00804. The summed E-state index contributed by atoms with van der Waals surface area (Å²) in [5.41, 5.74) is 1.99. The van der Waals surface area contributed by atoms with Gasteiger partial charge in [-0.15, -0.1) is 0 Å². The van der Waals surface area contributed by atoms with E-state index in [1.54, 1.807) is 4.90 Å². The van der Waals surface area contributed by atoms with Crippen LogP contribution in [0.25, 0.3) is 0 Å².